The van der Waals surface area contributed by atoms with E-state index < -0.39 is 6.10 Å². The van der Waals surface area contributed by atoms with Crippen molar-refractivity contribution in [2.24, 2.45) is 0 Å². The Morgan fingerprint density at radius 2 is 2.00 bits per heavy atom. The molecule has 1 heterocycles. The van der Waals surface area contributed by atoms with Gasteiger partial charge in [0.25, 0.3) is 0 Å². The van der Waals surface area contributed by atoms with Crippen molar-refractivity contribution in [3.8, 4) is 5.75 Å². The SMILES string of the molecule is O[C@H](COc1ccc2ccccc2c1)Cn1cncn1. The number of rotatable bonds is 5. The summed E-state index contributed by atoms with van der Waals surface area (Å²) < 4.78 is 7.19. The molecule has 0 saturated heterocycles. The average molecular weight is 269 g/mol. The molecule has 0 aliphatic carbocycles. The minimum Gasteiger partial charge on any atom is -0.491 e. The fourth-order valence-corrected chi connectivity index (χ4v) is 2.05. The summed E-state index contributed by atoms with van der Waals surface area (Å²) in [5, 5.41) is 16.1. The summed E-state index contributed by atoms with van der Waals surface area (Å²) in [4.78, 5) is 3.83. The van der Waals surface area contributed by atoms with Crippen LogP contribution in [0.4, 0.5) is 0 Å². The van der Waals surface area contributed by atoms with E-state index in [4.69, 9.17) is 4.74 Å². The highest BCUT2D eigenvalue weighted by Crippen LogP contribution is 2.20. The van der Waals surface area contributed by atoms with Gasteiger partial charge in [0.2, 0.25) is 0 Å². The topological polar surface area (TPSA) is 60.2 Å². The number of ether oxygens (including phenoxy) is 1. The molecule has 0 fully saturated rings. The minimum atomic E-state index is -0.622. The molecule has 0 aliphatic heterocycles. The van der Waals surface area contributed by atoms with Crippen LogP contribution in [0, 0.1) is 0 Å². The first-order valence-electron chi connectivity index (χ1n) is 6.43. The molecule has 5 heteroatoms. The molecular formula is C15H15N3O2. The Morgan fingerprint density at radius 1 is 1.15 bits per heavy atom. The Bertz CT molecular complexity index is 682. The van der Waals surface area contributed by atoms with Crippen molar-refractivity contribution in [1.82, 2.24) is 14.8 Å². The van der Waals surface area contributed by atoms with Gasteiger partial charge >= 0.3 is 0 Å². The Morgan fingerprint density at radius 3 is 2.80 bits per heavy atom. The van der Waals surface area contributed by atoms with Gasteiger partial charge in [0, 0.05) is 0 Å². The van der Waals surface area contributed by atoms with E-state index in [9.17, 15) is 5.11 Å². The molecule has 0 spiro atoms. The molecule has 0 saturated carbocycles. The first kappa shape index (κ1) is 12.6. The van der Waals surface area contributed by atoms with Gasteiger partial charge in [-0.3, -0.25) is 4.68 Å². The van der Waals surface area contributed by atoms with Gasteiger partial charge in [-0.15, -0.1) is 0 Å². The quantitative estimate of drug-likeness (QED) is 0.768. The number of aromatic nitrogens is 3. The molecule has 0 aliphatic rings. The molecule has 0 bridgehead atoms. The third kappa shape index (κ3) is 2.95. The zero-order valence-electron chi connectivity index (χ0n) is 10.9. The third-order valence-corrected chi connectivity index (χ3v) is 3.03. The summed E-state index contributed by atoms with van der Waals surface area (Å²) in [5.41, 5.74) is 0. The third-order valence-electron chi connectivity index (χ3n) is 3.03. The number of nitrogens with zero attached hydrogens (tertiary/aromatic N) is 3. The van der Waals surface area contributed by atoms with E-state index in [2.05, 4.69) is 16.1 Å². The lowest BCUT2D eigenvalue weighted by molar-refractivity contribution is 0.0893. The van der Waals surface area contributed by atoms with Gasteiger partial charge in [-0.05, 0) is 22.9 Å². The summed E-state index contributed by atoms with van der Waals surface area (Å²) in [7, 11) is 0. The number of fused-ring (bicyclic) bond motifs is 1. The number of benzene rings is 2. The molecule has 5 nitrogen and oxygen atoms in total. The standard InChI is InChI=1S/C15H15N3O2/c19-14(8-18-11-16-10-17-18)9-20-15-6-5-12-3-1-2-4-13(12)7-15/h1-7,10-11,14,19H,8-9H2/t14-/m0/s1. The van der Waals surface area contributed by atoms with Crippen LogP contribution in [-0.2, 0) is 6.54 Å². The molecular weight excluding hydrogens is 254 g/mol. The van der Waals surface area contributed by atoms with Crippen molar-refractivity contribution in [2.45, 2.75) is 12.6 Å². The maximum atomic E-state index is 9.88. The lowest BCUT2D eigenvalue weighted by atomic mass is 10.1. The Kier molecular flexibility index (Phi) is 3.60. The van der Waals surface area contributed by atoms with Gasteiger partial charge in [0.1, 0.15) is 31.1 Å². The number of aliphatic hydroxyl groups is 1. The molecule has 1 N–H and O–H groups in total. The Labute approximate surface area is 116 Å². The van der Waals surface area contributed by atoms with Crippen LogP contribution in [0.1, 0.15) is 0 Å². The van der Waals surface area contributed by atoms with Crippen LogP contribution in [0.15, 0.2) is 55.1 Å². The predicted molar refractivity (Wildman–Crippen MR) is 75.5 cm³/mol. The van der Waals surface area contributed by atoms with Crippen molar-refractivity contribution in [3.63, 3.8) is 0 Å². The maximum Gasteiger partial charge on any atom is 0.137 e. The fraction of sp³-hybridized carbons (Fsp3) is 0.200. The first-order valence-corrected chi connectivity index (χ1v) is 6.43. The van der Waals surface area contributed by atoms with Crippen LogP contribution in [0.3, 0.4) is 0 Å². The average Bonchev–Trinajstić information content (AvgIpc) is 2.98. The van der Waals surface area contributed by atoms with E-state index >= 15 is 0 Å². The predicted octanol–water partition coefficient (Wildman–Crippen LogP) is 1.87. The molecule has 3 rings (SSSR count). The molecule has 1 atom stereocenters. The molecule has 0 unspecified atom stereocenters. The normalized spacial score (nSPS) is 12.4. The zero-order valence-corrected chi connectivity index (χ0v) is 10.9. The van der Waals surface area contributed by atoms with E-state index in [0.29, 0.717) is 6.54 Å². The summed E-state index contributed by atoms with van der Waals surface area (Å²) in [5.74, 6) is 0.751. The second-order valence-electron chi connectivity index (χ2n) is 4.59. The number of aliphatic hydroxyl groups excluding tert-OH is 1. The largest absolute Gasteiger partial charge is 0.491 e. The monoisotopic (exact) mass is 269 g/mol. The van der Waals surface area contributed by atoms with Crippen molar-refractivity contribution < 1.29 is 9.84 Å². The van der Waals surface area contributed by atoms with Gasteiger partial charge in [-0.25, -0.2) is 4.98 Å². The smallest absolute Gasteiger partial charge is 0.137 e. The van der Waals surface area contributed by atoms with Crippen LogP contribution in [0.2, 0.25) is 0 Å². The minimum absolute atomic E-state index is 0.220. The Hall–Kier alpha value is -2.40. The van der Waals surface area contributed by atoms with Gasteiger partial charge in [0.15, 0.2) is 0 Å². The zero-order chi connectivity index (χ0) is 13.8. The van der Waals surface area contributed by atoms with Crippen molar-refractivity contribution in [2.75, 3.05) is 6.61 Å². The molecule has 1 aromatic heterocycles. The lowest BCUT2D eigenvalue weighted by Gasteiger charge is -2.12. The summed E-state index contributed by atoms with van der Waals surface area (Å²) in [6.07, 6.45) is 2.39. The highest BCUT2D eigenvalue weighted by Gasteiger charge is 2.07. The summed E-state index contributed by atoms with van der Waals surface area (Å²) >= 11 is 0. The number of hydrogen-bond acceptors (Lipinski definition) is 4. The van der Waals surface area contributed by atoms with Crippen LogP contribution >= 0.6 is 0 Å². The van der Waals surface area contributed by atoms with Crippen molar-refractivity contribution in [3.05, 3.63) is 55.1 Å². The number of hydrogen-bond donors (Lipinski definition) is 1. The van der Waals surface area contributed by atoms with E-state index in [1.165, 1.54) is 11.7 Å². The van der Waals surface area contributed by atoms with Gasteiger partial charge < -0.3 is 9.84 Å². The van der Waals surface area contributed by atoms with E-state index in [1.807, 2.05) is 36.4 Å². The van der Waals surface area contributed by atoms with Crippen molar-refractivity contribution in [1.29, 1.82) is 0 Å². The maximum absolute atomic E-state index is 9.88. The Balaban J connectivity index is 1.61. The highest BCUT2D eigenvalue weighted by molar-refractivity contribution is 5.83. The summed E-state index contributed by atoms with van der Waals surface area (Å²) in [6, 6.07) is 14.0. The lowest BCUT2D eigenvalue weighted by Crippen LogP contribution is -2.23. The second-order valence-corrected chi connectivity index (χ2v) is 4.59. The molecule has 0 amide bonds. The fourth-order valence-electron chi connectivity index (χ4n) is 2.05. The molecule has 3 aromatic rings. The van der Waals surface area contributed by atoms with E-state index in [1.54, 1.807) is 11.0 Å². The molecule has 2 aromatic carbocycles. The van der Waals surface area contributed by atoms with E-state index in [0.717, 1.165) is 11.1 Å². The van der Waals surface area contributed by atoms with Crippen molar-refractivity contribution >= 4 is 10.8 Å². The highest BCUT2D eigenvalue weighted by atomic mass is 16.5. The van der Waals surface area contributed by atoms with Crippen LogP contribution in [0.25, 0.3) is 10.8 Å². The second kappa shape index (κ2) is 5.71. The molecule has 20 heavy (non-hydrogen) atoms. The van der Waals surface area contributed by atoms with Crippen LogP contribution < -0.4 is 4.74 Å². The van der Waals surface area contributed by atoms with Gasteiger partial charge in [-0.2, -0.15) is 5.10 Å². The van der Waals surface area contributed by atoms with E-state index in [-0.39, 0.29) is 6.61 Å². The summed E-state index contributed by atoms with van der Waals surface area (Å²) in [6.45, 7) is 0.589. The van der Waals surface area contributed by atoms with Crippen LogP contribution in [0.5, 0.6) is 5.75 Å². The molecule has 102 valence electrons. The van der Waals surface area contributed by atoms with Gasteiger partial charge in [-0.1, -0.05) is 30.3 Å². The molecule has 0 radical (unpaired) electrons. The van der Waals surface area contributed by atoms with Crippen LogP contribution in [-0.4, -0.2) is 32.6 Å². The van der Waals surface area contributed by atoms with Gasteiger partial charge in [0.05, 0.1) is 6.54 Å². The first-order chi connectivity index (χ1) is 9.81.